The predicted molar refractivity (Wildman–Crippen MR) is 80.5 cm³/mol. The normalized spacial score (nSPS) is 12.6. The lowest BCUT2D eigenvalue weighted by atomic mass is 10.1. The largest absolute Gasteiger partial charge is 0.459 e. The van der Waals surface area contributed by atoms with Gasteiger partial charge in [-0.25, -0.2) is 0 Å². The van der Waals surface area contributed by atoms with Crippen LogP contribution in [0.5, 0.6) is 0 Å². The van der Waals surface area contributed by atoms with Gasteiger partial charge in [0.15, 0.2) is 0 Å². The maximum atomic E-state index is 6.01. The second-order valence-corrected chi connectivity index (χ2v) is 5.06. The van der Waals surface area contributed by atoms with Crippen LogP contribution in [0.3, 0.4) is 0 Å². The van der Waals surface area contributed by atoms with Gasteiger partial charge in [0.05, 0.1) is 6.04 Å². The highest BCUT2D eigenvalue weighted by atomic mass is 35.5. The smallest absolute Gasteiger partial charge is 0.134 e. The number of rotatable bonds is 6. The predicted octanol–water partition coefficient (Wildman–Crippen LogP) is 5.05. The van der Waals surface area contributed by atoms with E-state index in [4.69, 9.17) is 16.0 Å². The highest BCUT2D eigenvalue weighted by Gasteiger charge is 2.13. The van der Waals surface area contributed by atoms with E-state index in [1.165, 1.54) is 0 Å². The van der Waals surface area contributed by atoms with Crippen molar-refractivity contribution in [2.75, 3.05) is 6.54 Å². The summed E-state index contributed by atoms with van der Waals surface area (Å²) in [4.78, 5) is 0. The summed E-state index contributed by atoms with van der Waals surface area (Å²) in [7, 11) is 0. The van der Waals surface area contributed by atoms with Crippen LogP contribution < -0.4 is 5.32 Å². The monoisotopic (exact) mass is 277 g/mol. The van der Waals surface area contributed by atoms with Crippen LogP contribution >= 0.6 is 11.6 Å². The van der Waals surface area contributed by atoms with E-state index < -0.39 is 0 Å². The van der Waals surface area contributed by atoms with Gasteiger partial charge >= 0.3 is 0 Å². The first-order valence-corrected chi connectivity index (χ1v) is 7.21. The Morgan fingerprint density at radius 3 is 2.74 bits per heavy atom. The Labute approximate surface area is 119 Å². The molecule has 2 nitrogen and oxygen atoms in total. The minimum atomic E-state index is 0.285. The molecule has 0 aliphatic carbocycles. The van der Waals surface area contributed by atoms with Gasteiger partial charge in [-0.3, -0.25) is 0 Å². The number of furan rings is 1. The fourth-order valence-corrected chi connectivity index (χ4v) is 2.29. The third-order valence-corrected chi connectivity index (χ3v) is 3.36. The van der Waals surface area contributed by atoms with E-state index in [0.717, 1.165) is 41.5 Å². The molecule has 1 N–H and O–H groups in total. The summed E-state index contributed by atoms with van der Waals surface area (Å²) >= 11 is 6.01. The van der Waals surface area contributed by atoms with E-state index in [0.29, 0.717) is 0 Å². The Balaban J connectivity index is 2.18. The summed E-state index contributed by atoms with van der Waals surface area (Å²) in [6.07, 6.45) is 2.14. The molecule has 1 aromatic carbocycles. The summed E-state index contributed by atoms with van der Waals surface area (Å²) < 4.78 is 5.95. The van der Waals surface area contributed by atoms with Crippen LogP contribution in [-0.2, 0) is 0 Å². The van der Waals surface area contributed by atoms with Crippen molar-refractivity contribution in [1.29, 1.82) is 0 Å². The Morgan fingerprint density at radius 1 is 1.21 bits per heavy atom. The highest BCUT2D eigenvalue weighted by Crippen LogP contribution is 2.28. The molecule has 1 atom stereocenters. The molecular formula is C16H20ClNO. The van der Waals surface area contributed by atoms with Gasteiger partial charge in [-0.15, -0.1) is 0 Å². The average Bonchev–Trinajstić information content (AvgIpc) is 2.89. The lowest BCUT2D eigenvalue weighted by Gasteiger charge is -2.13. The van der Waals surface area contributed by atoms with Crippen molar-refractivity contribution in [3.8, 4) is 11.3 Å². The van der Waals surface area contributed by atoms with Crippen molar-refractivity contribution in [2.45, 2.75) is 32.7 Å². The van der Waals surface area contributed by atoms with Crippen LogP contribution in [-0.4, -0.2) is 6.54 Å². The van der Waals surface area contributed by atoms with Gasteiger partial charge in [0.1, 0.15) is 11.5 Å². The van der Waals surface area contributed by atoms with Crippen molar-refractivity contribution in [1.82, 2.24) is 5.32 Å². The first-order chi connectivity index (χ1) is 9.24. The van der Waals surface area contributed by atoms with Gasteiger partial charge in [0, 0.05) is 10.6 Å². The van der Waals surface area contributed by atoms with Crippen LogP contribution in [0.15, 0.2) is 40.8 Å². The van der Waals surface area contributed by atoms with Crippen molar-refractivity contribution < 1.29 is 4.42 Å². The van der Waals surface area contributed by atoms with Crippen LogP contribution in [0.4, 0.5) is 0 Å². The first-order valence-electron chi connectivity index (χ1n) is 6.83. The zero-order chi connectivity index (χ0) is 13.7. The molecular weight excluding hydrogens is 258 g/mol. The van der Waals surface area contributed by atoms with E-state index in [9.17, 15) is 0 Å². The molecule has 19 heavy (non-hydrogen) atoms. The quantitative estimate of drug-likeness (QED) is 0.799. The van der Waals surface area contributed by atoms with E-state index in [1.54, 1.807) is 0 Å². The Kier molecular flexibility index (Phi) is 5.06. The number of hydrogen-bond acceptors (Lipinski definition) is 2. The third-order valence-electron chi connectivity index (χ3n) is 3.13. The first kappa shape index (κ1) is 14.2. The molecule has 2 rings (SSSR count). The molecule has 3 heteroatoms. The molecule has 1 unspecified atom stereocenters. The minimum Gasteiger partial charge on any atom is -0.459 e. The summed E-state index contributed by atoms with van der Waals surface area (Å²) in [6.45, 7) is 5.33. The van der Waals surface area contributed by atoms with Crippen molar-refractivity contribution >= 4 is 11.6 Å². The maximum absolute atomic E-state index is 6.01. The van der Waals surface area contributed by atoms with Gasteiger partial charge in [0.25, 0.3) is 0 Å². The molecule has 102 valence electrons. The van der Waals surface area contributed by atoms with Gasteiger partial charge < -0.3 is 9.73 Å². The summed E-state index contributed by atoms with van der Waals surface area (Å²) in [5.74, 6) is 1.86. The fourth-order valence-electron chi connectivity index (χ4n) is 2.10. The van der Waals surface area contributed by atoms with Crippen molar-refractivity contribution in [3.05, 3.63) is 47.2 Å². The summed E-state index contributed by atoms with van der Waals surface area (Å²) in [6, 6.07) is 12.1. The minimum absolute atomic E-state index is 0.285. The van der Waals surface area contributed by atoms with E-state index in [1.807, 2.05) is 36.4 Å². The zero-order valence-electron chi connectivity index (χ0n) is 11.4. The molecule has 0 aliphatic heterocycles. The van der Waals surface area contributed by atoms with Crippen LogP contribution in [0.2, 0.25) is 5.02 Å². The van der Waals surface area contributed by atoms with Crippen molar-refractivity contribution in [3.63, 3.8) is 0 Å². The number of nitrogens with one attached hydrogen (secondary N) is 1. The van der Waals surface area contributed by atoms with Crippen LogP contribution in [0.1, 0.15) is 38.5 Å². The maximum Gasteiger partial charge on any atom is 0.134 e. The van der Waals surface area contributed by atoms with Gasteiger partial charge in [0.2, 0.25) is 0 Å². The molecule has 0 amide bonds. The van der Waals surface area contributed by atoms with Crippen LogP contribution in [0, 0.1) is 0 Å². The Morgan fingerprint density at radius 2 is 2.05 bits per heavy atom. The summed E-state index contributed by atoms with van der Waals surface area (Å²) in [5, 5.41) is 4.22. The number of hydrogen-bond donors (Lipinski definition) is 1. The molecule has 1 heterocycles. The number of benzene rings is 1. The standard InChI is InChI=1S/C16H20ClNO/c1-3-10-18-14(4-2)16-9-8-15(19-16)12-6-5-7-13(17)11-12/h5-9,11,14,18H,3-4,10H2,1-2H3. The molecule has 0 radical (unpaired) electrons. The van der Waals surface area contributed by atoms with E-state index in [-0.39, 0.29) is 6.04 Å². The van der Waals surface area contributed by atoms with Crippen LogP contribution in [0.25, 0.3) is 11.3 Å². The third kappa shape index (κ3) is 3.62. The second kappa shape index (κ2) is 6.78. The lowest BCUT2D eigenvalue weighted by molar-refractivity contribution is 0.411. The fraction of sp³-hybridized carbons (Fsp3) is 0.375. The second-order valence-electron chi connectivity index (χ2n) is 4.63. The average molecular weight is 278 g/mol. The molecule has 0 fully saturated rings. The zero-order valence-corrected chi connectivity index (χ0v) is 12.2. The molecule has 0 saturated heterocycles. The lowest BCUT2D eigenvalue weighted by Crippen LogP contribution is -2.20. The van der Waals surface area contributed by atoms with E-state index in [2.05, 4.69) is 19.2 Å². The van der Waals surface area contributed by atoms with Crippen molar-refractivity contribution in [2.24, 2.45) is 0 Å². The molecule has 0 aliphatic rings. The Bertz CT molecular complexity index is 521. The highest BCUT2D eigenvalue weighted by molar-refractivity contribution is 6.30. The molecule has 0 spiro atoms. The number of halogens is 1. The summed E-state index contributed by atoms with van der Waals surface area (Å²) in [5.41, 5.74) is 1.02. The molecule has 0 bridgehead atoms. The van der Waals surface area contributed by atoms with Gasteiger partial charge in [-0.1, -0.05) is 37.6 Å². The van der Waals surface area contributed by atoms with Gasteiger partial charge in [-0.2, -0.15) is 0 Å². The SMILES string of the molecule is CCCNC(CC)c1ccc(-c2cccc(Cl)c2)o1. The van der Waals surface area contributed by atoms with E-state index >= 15 is 0 Å². The molecule has 2 aromatic rings. The Hall–Kier alpha value is -1.25. The van der Waals surface area contributed by atoms with Gasteiger partial charge in [-0.05, 0) is 43.7 Å². The topological polar surface area (TPSA) is 25.2 Å². The molecule has 0 saturated carbocycles. The molecule has 1 aromatic heterocycles.